The van der Waals surface area contributed by atoms with Crippen molar-refractivity contribution in [2.75, 3.05) is 12.4 Å². The molecule has 1 heterocycles. The van der Waals surface area contributed by atoms with Gasteiger partial charge >= 0.3 is 12.6 Å². The number of alkyl halides is 2. The number of carbonyl (C=O) groups excluding carboxylic acids is 1. The fraction of sp³-hybridized carbons (Fsp3) is 0.200. The van der Waals surface area contributed by atoms with E-state index in [2.05, 4.69) is 20.4 Å². The average Bonchev–Trinajstić information content (AvgIpc) is 2.54. The maximum absolute atomic E-state index is 12.4. The third-order valence-electron chi connectivity index (χ3n) is 2.81. The Morgan fingerprint density at radius 1 is 1.30 bits per heavy atom. The predicted molar refractivity (Wildman–Crippen MR) is 79.7 cm³/mol. The number of carbonyl (C=O) groups is 1. The van der Waals surface area contributed by atoms with Crippen LogP contribution in [0.5, 0.6) is 11.5 Å². The van der Waals surface area contributed by atoms with E-state index in [0.717, 1.165) is 5.56 Å². The number of rotatable bonds is 6. The normalized spacial score (nSPS) is 10.3. The number of hydrogen-bond acceptors (Lipinski definition) is 4. The van der Waals surface area contributed by atoms with Gasteiger partial charge in [-0.1, -0.05) is 6.07 Å². The first-order chi connectivity index (χ1) is 11.1. The molecule has 0 bridgehead atoms. The molecule has 0 radical (unpaired) electrons. The summed E-state index contributed by atoms with van der Waals surface area (Å²) in [6.45, 7) is -2.70. The van der Waals surface area contributed by atoms with Crippen LogP contribution in [-0.4, -0.2) is 24.7 Å². The molecule has 1 aromatic carbocycles. The lowest BCUT2D eigenvalue weighted by Gasteiger charge is -2.12. The van der Waals surface area contributed by atoms with Crippen molar-refractivity contribution in [3.63, 3.8) is 0 Å². The molecule has 8 heteroatoms. The highest BCUT2D eigenvalue weighted by atomic mass is 19.3. The minimum Gasteiger partial charge on any atom is -0.493 e. The van der Waals surface area contributed by atoms with Crippen LogP contribution >= 0.6 is 0 Å². The molecule has 6 nitrogen and oxygen atoms in total. The Morgan fingerprint density at radius 2 is 2.13 bits per heavy atom. The van der Waals surface area contributed by atoms with Gasteiger partial charge in [0.2, 0.25) is 0 Å². The van der Waals surface area contributed by atoms with Gasteiger partial charge in [0.15, 0.2) is 11.5 Å². The molecule has 2 amide bonds. The van der Waals surface area contributed by atoms with E-state index in [1.54, 1.807) is 18.5 Å². The Balaban J connectivity index is 1.97. The van der Waals surface area contributed by atoms with Crippen LogP contribution in [0.1, 0.15) is 5.56 Å². The SMILES string of the molecule is COc1ccc(NC(=O)NCc2cccnc2)cc1OC(F)F. The molecule has 0 aliphatic carbocycles. The number of nitrogens with zero attached hydrogens (tertiary/aromatic N) is 1. The minimum atomic E-state index is -2.99. The molecule has 0 aliphatic heterocycles. The summed E-state index contributed by atoms with van der Waals surface area (Å²) in [6, 6.07) is 7.29. The molecular formula is C15H15F2N3O3. The summed E-state index contributed by atoms with van der Waals surface area (Å²) in [5, 5.41) is 5.15. The van der Waals surface area contributed by atoms with Gasteiger partial charge in [0, 0.05) is 30.7 Å². The quantitative estimate of drug-likeness (QED) is 0.857. The van der Waals surface area contributed by atoms with Crippen LogP contribution in [-0.2, 0) is 6.54 Å². The molecule has 122 valence electrons. The van der Waals surface area contributed by atoms with Crippen molar-refractivity contribution in [3.8, 4) is 11.5 Å². The largest absolute Gasteiger partial charge is 0.493 e. The van der Waals surface area contributed by atoms with Gasteiger partial charge < -0.3 is 20.1 Å². The molecule has 0 aliphatic rings. The molecule has 2 N–H and O–H groups in total. The van der Waals surface area contributed by atoms with Gasteiger partial charge in [-0.2, -0.15) is 8.78 Å². The fourth-order valence-corrected chi connectivity index (χ4v) is 1.80. The van der Waals surface area contributed by atoms with E-state index in [1.165, 1.54) is 25.3 Å². The second kappa shape index (κ2) is 7.92. The Bertz CT molecular complexity index is 654. The van der Waals surface area contributed by atoms with Crippen molar-refractivity contribution in [1.29, 1.82) is 0 Å². The summed E-state index contributed by atoms with van der Waals surface area (Å²) < 4.78 is 34.0. The van der Waals surface area contributed by atoms with Gasteiger partial charge in [0.25, 0.3) is 0 Å². The van der Waals surface area contributed by atoms with E-state index in [-0.39, 0.29) is 18.0 Å². The number of hydrogen-bond donors (Lipinski definition) is 2. The van der Waals surface area contributed by atoms with Crippen LogP contribution in [0.4, 0.5) is 19.3 Å². The smallest absolute Gasteiger partial charge is 0.387 e. The number of methoxy groups -OCH3 is 1. The molecule has 0 spiro atoms. The molecule has 0 unspecified atom stereocenters. The standard InChI is InChI=1S/C15H15F2N3O3/c1-22-12-5-4-11(7-13(12)23-14(16)17)20-15(21)19-9-10-3-2-6-18-8-10/h2-8,14H,9H2,1H3,(H2,19,20,21). The summed E-state index contributed by atoms with van der Waals surface area (Å²) in [5.41, 5.74) is 1.13. The molecule has 2 aromatic rings. The van der Waals surface area contributed by atoms with Crippen LogP contribution < -0.4 is 20.1 Å². The van der Waals surface area contributed by atoms with E-state index in [1.807, 2.05) is 6.07 Å². The summed E-state index contributed by atoms with van der Waals surface area (Å²) in [6.07, 6.45) is 3.26. The first kappa shape index (κ1) is 16.5. The lowest BCUT2D eigenvalue weighted by Crippen LogP contribution is -2.28. The fourth-order valence-electron chi connectivity index (χ4n) is 1.80. The summed E-state index contributed by atoms with van der Waals surface area (Å²) >= 11 is 0. The number of benzene rings is 1. The molecule has 0 saturated heterocycles. The van der Waals surface area contributed by atoms with Crippen molar-refractivity contribution < 1.29 is 23.0 Å². The molecular weight excluding hydrogens is 308 g/mol. The van der Waals surface area contributed by atoms with Gasteiger partial charge in [-0.25, -0.2) is 4.79 Å². The highest BCUT2D eigenvalue weighted by molar-refractivity contribution is 5.89. The van der Waals surface area contributed by atoms with E-state index < -0.39 is 12.6 Å². The zero-order valence-corrected chi connectivity index (χ0v) is 12.3. The first-order valence-electron chi connectivity index (χ1n) is 6.65. The maximum atomic E-state index is 12.4. The van der Waals surface area contributed by atoms with Crippen molar-refractivity contribution in [2.45, 2.75) is 13.2 Å². The van der Waals surface area contributed by atoms with E-state index in [4.69, 9.17) is 4.74 Å². The van der Waals surface area contributed by atoms with Crippen molar-refractivity contribution in [1.82, 2.24) is 10.3 Å². The topological polar surface area (TPSA) is 72.5 Å². The number of urea groups is 1. The second-order valence-corrected chi connectivity index (χ2v) is 4.41. The molecule has 0 atom stereocenters. The van der Waals surface area contributed by atoms with E-state index in [0.29, 0.717) is 5.69 Å². The van der Waals surface area contributed by atoms with Gasteiger partial charge in [-0.05, 0) is 23.8 Å². The summed E-state index contributed by atoms with van der Waals surface area (Å²) in [4.78, 5) is 15.7. The molecule has 0 fully saturated rings. The number of pyridine rings is 1. The van der Waals surface area contributed by atoms with Crippen molar-refractivity contribution >= 4 is 11.7 Å². The summed E-state index contributed by atoms with van der Waals surface area (Å²) in [5.74, 6) is -0.0147. The third kappa shape index (κ3) is 5.10. The van der Waals surface area contributed by atoms with Crippen molar-refractivity contribution in [2.24, 2.45) is 0 Å². The highest BCUT2D eigenvalue weighted by Gasteiger charge is 2.12. The number of anilines is 1. The molecule has 2 rings (SSSR count). The Kier molecular flexibility index (Phi) is 5.67. The lowest BCUT2D eigenvalue weighted by molar-refractivity contribution is -0.0511. The van der Waals surface area contributed by atoms with Crippen LogP contribution in [0.25, 0.3) is 0 Å². The zero-order chi connectivity index (χ0) is 16.7. The predicted octanol–water partition coefficient (Wildman–Crippen LogP) is 3.01. The summed E-state index contributed by atoms with van der Waals surface area (Å²) in [7, 11) is 1.33. The second-order valence-electron chi connectivity index (χ2n) is 4.41. The first-order valence-corrected chi connectivity index (χ1v) is 6.65. The Hall–Kier alpha value is -2.90. The number of nitrogens with one attached hydrogen (secondary N) is 2. The van der Waals surface area contributed by atoms with Crippen molar-refractivity contribution in [3.05, 3.63) is 48.3 Å². The zero-order valence-electron chi connectivity index (χ0n) is 12.3. The monoisotopic (exact) mass is 323 g/mol. The van der Waals surface area contributed by atoms with Gasteiger partial charge in [-0.15, -0.1) is 0 Å². The van der Waals surface area contributed by atoms with Crippen LogP contribution in [0, 0.1) is 0 Å². The minimum absolute atomic E-state index is 0.145. The molecule has 0 saturated carbocycles. The Morgan fingerprint density at radius 3 is 2.78 bits per heavy atom. The van der Waals surface area contributed by atoms with Crippen LogP contribution in [0.3, 0.4) is 0 Å². The molecule has 23 heavy (non-hydrogen) atoms. The maximum Gasteiger partial charge on any atom is 0.387 e. The number of amides is 2. The van der Waals surface area contributed by atoms with E-state index in [9.17, 15) is 13.6 Å². The van der Waals surface area contributed by atoms with Gasteiger partial charge in [0.05, 0.1) is 7.11 Å². The van der Waals surface area contributed by atoms with Gasteiger partial charge in [-0.3, -0.25) is 4.98 Å². The Labute approximate surface area is 131 Å². The van der Waals surface area contributed by atoms with E-state index >= 15 is 0 Å². The number of aromatic nitrogens is 1. The average molecular weight is 323 g/mol. The lowest BCUT2D eigenvalue weighted by atomic mass is 10.2. The van der Waals surface area contributed by atoms with Crippen LogP contribution in [0.15, 0.2) is 42.7 Å². The van der Waals surface area contributed by atoms with Gasteiger partial charge in [0.1, 0.15) is 0 Å². The van der Waals surface area contributed by atoms with Crippen LogP contribution in [0.2, 0.25) is 0 Å². The highest BCUT2D eigenvalue weighted by Crippen LogP contribution is 2.31. The molecule has 1 aromatic heterocycles. The number of halogens is 2. The third-order valence-corrected chi connectivity index (χ3v) is 2.81. The number of ether oxygens (including phenoxy) is 2.